The van der Waals surface area contributed by atoms with Gasteiger partial charge in [0, 0.05) is 11.8 Å². The summed E-state index contributed by atoms with van der Waals surface area (Å²) in [4.78, 5) is 9.44. The molecule has 0 amide bonds. The summed E-state index contributed by atoms with van der Waals surface area (Å²) in [6.07, 6.45) is 27.3. The van der Waals surface area contributed by atoms with Crippen LogP contribution in [0.2, 0.25) is 0 Å². The fourth-order valence-corrected chi connectivity index (χ4v) is 2.47. The van der Waals surface area contributed by atoms with E-state index in [4.69, 9.17) is 0 Å². The van der Waals surface area contributed by atoms with Crippen LogP contribution in [0.5, 0.6) is 0 Å². The lowest BCUT2D eigenvalue weighted by Crippen LogP contribution is -2.27. The molecule has 0 radical (unpaired) electrons. The largest absolute Gasteiger partial charge is 0.300 e. The molecule has 1 heteroatoms. The summed E-state index contributed by atoms with van der Waals surface area (Å²) in [6, 6.07) is 0. The van der Waals surface area contributed by atoms with Gasteiger partial charge in [-0.25, -0.2) is 0 Å². The normalized spacial score (nSPS) is 18.4. The predicted molar refractivity (Wildman–Crippen MR) is 96.6 cm³/mol. The van der Waals surface area contributed by atoms with Gasteiger partial charge in [0.05, 0.1) is 0 Å². The highest BCUT2D eigenvalue weighted by Crippen LogP contribution is 2.41. The van der Waals surface area contributed by atoms with Crippen LogP contribution in [0.15, 0.2) is 72.9 Å². The standard InChI is InChI=1S/C13H16.C5H6.C3H6O/c1-13(2,11-7-3-4-8-11)12-9-5-6-10-12;1-2-4-5-3-1;1-3(2)4/h3-12H,1-2H3;1-4H,5H2;1-2H3. The van der Waals surface area contributed by atoms with E-state index in [0.717, 1.165) is 6.42 Å². The number of carbonyl (C=O) groups excluding carboxylic acids is 1. The maximum Gasteiger partial charge on any atom is 0.126 e. The Labute approximate surface area is 135 Å². The van der Waals surface area contributed by atoms with Crippen molar-refractivity contribution < 1.29 is 4.79 Å². The SMILES string of the molecule is C1=CCC=C1.CC(C)(C1C=CC=C1)C1C=CC=C1.CC(C)=O. The second kappa shape index (κ2) is 9.19. The number of allylic oxidation sites excluding steroid dienone is 12. The first-order chi connectivity index (χ1) is 10.4. The van der Waals surface area contributed by atoms with Crippen LogP contribution in [0.1, 0.15) is 34.1 Å². The van der Waals surface area contributed by atoms with Gasteiger partial charge in [-0.1, -0.05) is 86.8 Å². The summed E-state index contributed by atoms with van der Waals surface area (Å²) in [5, 5.41) is 0. The summed E-state index contributed by atoms with van der Waals surface area (Å²) in [5.41, 5.74) is 0.312. The molecular weight excluding hydrogens is 268 g/mol. The minimum absolute atomic E-state index is 0.167. The molecule has 0 spiro atoms. The molecule has 0 fully saturated rings. The number of hydrogen-bond acceptors (Lipinski definition) is 1. The molecule has 0 aliphatic heterocycles. The molecule has 1 nitrogen and oxygen atoms in total. The molecule has 3 aliphatic carbocycles. The zero-order valence-electron chi connectivity index (χ0n) is 14.2. The molecule has 0 saturated heterocycles. The van der Waals surface area contributed by atoms with Gasteiger partial charge in [-0.2, -0.15) is 0 Å². The zero-order chi connectivity index (χ0) is 16.4. The molecule has 3 aliphatic rings. The number of rotatable bonds is 2. The highest BCUT2D eigenvalue weighted by atomic mass is 16.1. The van der Waals surface area contributed by atoms with Crippen LogP contribution in [-0.4, -0.2) is 5.78 Å². The van der Waals surface area contributed by atoms with Crippen LogP contribution in [0.4, 0.5) is 0 Å². The van der Waals surface area contributed by atoms with Gasteiger partial charge in [0.15, 0.2) is 0 Å². The summed E-state index contributed by atoms with van der Waals surface area (Å²) in [7, 11) is 0. The van der Waals surface area contributed by atoms with Crippen molar-refractivity contribution in [3.63, 3.8) is 0 Å². The zero-order valence-corrected chi connectivity index (χ0v) is 14.2. The summed E-state index contributed by atoms with van der Waals surface area (Å²) < 4.78 is 0. The highest BCUT2D eigenvalue weighted by Gasteiger charge is 2.33. The maximum absolute atomic E-state index is 9.44. The quantitative estimate of drug-likeness (QED) is 0.648. The first-order valence-corrected chi connectivity index (χ1v) is 7.93. The molecule has 3 rings (SSSR count). The Morgan fingerprint density at radius 1 is 0.773 bits per heavy atom. The first-order valence-electron chi connectivity index (χ1n) is 7.93. The van der Waals surface area contributed by atoms with Crippen molar-refractivity contribution in [3.8, 4) is 0 Å². The summed E-state index contributed by atoms with van der Waals surface area (Å²) in [5.74, 6) is 1.34. The van der Waals surface area contributed by atoms with E-state index in [2.05, 4.69) is 86.8 Å². The molecule has 0 heterocycles. The molecule has 0 N–H and O–H groups in total. The van der Waals surface area contributed by atoms with E-state index < -0.39 is 0 Å². The highest BCUT2D eigenvalue weighted by molar-refractivity contribution is 5.72. The van der Waals surface area contributed by atoms with E-state index in [1.807, 2.05) is 0 Å². The average molecular weight is 296 g/mol. The van der Waals surface area contributed by atoms with Gasteiger partial charge >= 0.3 is 0 Å². The summed E-state index contributed by atoms with van der Waals surface area (Å²) >= 11 is 0. The topological polar surface area (TPSA) is 17.1 Å². The van der Waals surface area contributed by atoms with Crippen molar-refractivity contribution in [2.45, 2.75) is 34.1 Å². The van der Waals surface area contributed by atoms with Gasteiger partial charge in [0.25, 0.3) is 0 Å². The molecule has 22 heavy (non-hydrogen) atoms. The van der Waals surface area contributed by atoms with Crippen LogP contribution in [0.25, 0.3) is 0 Å². The molecule has 0 atom stereocenters. The monoisotopic (exact) mass is 296 g/mol. The van der Waals surface area contributed by atoms with Gasteiger partial charge in [-0.05, 0) is 25.7 Å². The van der Waals surface area contributed by atoms with Gasteiger partial charge in [-0.3, -0.25) is 0 Å². The Morgan fingerprint density at radius 2 is 1.09 bits per heavy atom. The van der Waals surface area contributed by atoms with Crippen molar-refractivity contribution in [2.75, 3.05) is 0 Å². The first kappa shape index (κ1) is 18.2. The molecule has 0 unspecified atom stereocenters. The van der Waals surface area contributed by atoms with Gasteiger partial charge in [0.2, 0.25) is 0 Å². The van der Waals surface area contributed by atoms with Crippen molar-refractivity contribution >= 4 is 5.78 Å². The van der Waals surface area contributed by atoms with E-state index >= 15 is 0 Å². The van der Waals surface area contributed by atoms with Crippen molar-refractivity contribution in [1.82, 2.24) is 0 Å². The number of hydrogen-bond donors (Lipinski definition) is 0. The van der Waals surface area contributed by atoms with Crippen LogP contribution < -0.4 is 0 Å². The van der Waals surface area contributed by atoms with Crippen LogP contribution in [0.3, 0.4) is 0 Å². The Kier molecular flexibility index (Phi) is 7.59. The van der Waals surface area contributed by atoms with E-state index in [9.17, 15) is 4.79 Å². The van der Waals surface area contributed by atoms with Crippen LogP contribution in [-0.2, 0) is 4.79 Å². The predicted octanol–water partition coefficient (Wildman–Crippen LogP) is 5.59. The van der Waals surface area contributed by atoms with Gasteiger partial charge < -0.3 is 4.79 Å². The average Bonchev–Trinajstić information content (AvgIpc) is 3.22. The Bertz CT molecular complexity index is 456. The molecule has 0 aromatic heterocycles. The molecule has 0 aromatic rings. The fourth-order valence-electron chi connectivity index (χ4n) is 2.47. The van der Waals surface area contributed by atoms with Gasteiger partial charge in [0.1, 0.15) is 5.78 Å². The third kappa shape index (κ3) is 6.26. The third-order valence-electron chi connectivity index (χ3n) is 3.87. The molecule has 0 saturated carbocycles. The smallest absolute Gasteiger partial charge is 0.126 e. The molecule has 0 bridgehead atoms. The van der Waals surface area contributed by atoms with Crippen LogP contribution >= 0.6 is 0 Å². The minimum Gasteiger partial charge on any atom is -0.300 e. The van der Waals surface area contributed by atoms with Crippen molar-refractivity contribution in [2.24, 2.45) is 17.3 Å². The molecular formula is C21H28O. The number of Topliss-reactive ketones (excluding diaryl/α,β-unsaturated/α-hetero) is 1. The lowest BCUT2D eigenvalue weighted by molar-refractivity contribution is -0.114. The van der Waals surface area contributed by atoms with E-state index in [-0.39, 0.29) is 5.78 Å². The Morgan fingerprint density at radius 3 is 1.32 bits per heavy atom. The molecule has 0 aromatic carbocycles. The van der Waals surface area contributed by atoms with E-state index in [0.29, 0.717) is 17.3 Å². The van der Waals surface area contributed by atoms with E-state index in [1.54, 1.807) is 0 Å². The van der Waals surface area contributed by atoms with Crippen LogP contribution in [0, 0.1) is 17.3 Å². The lowest BCUT2D eigenvalue weighted by Gasteiger charge is -2.33. The van der Waals surface area contributed by atoms with Gasteiger partial charge in [-0.15, -0.1) is 0 Å². The lowest BCUT2D eigenvalue weighted by atomic mass is 9.70. The number of ketones is 1. The summed E-state index contributed by atoms with van der Waals surface area (Å²) in [6.45, 7) is 7.73. The second-order valence-corrected chi connectivity index (χ2v) is 6.41. The Balaban J connectivity index is 0.000000222. The number of carbonyl (C=O) groups is 1. The van der Waals surface area contributed by atoms with Crippen molar-refractivity contribution in [1.29, 1.82) is 0 Å². The second-order valence-electron chi connectivity index (χ2n) is 6.41. The minimum atomic E-state index is 0.167. The molecule has 118 valence electrons. The van der Waals surface area contributed by atoms with E-state index in [1.165, 1.54) is 13.8 Å². The maximum atomic E-state index is 9.44. The third-order valence-corrected chi connectivity index (χ3v) is 3.87. The van der Waals surface area contributed by atoms with Crippen molar-refractivity contribution in [3.05, 3.63) is 72.9 Å². The fraction of sp³-hybridized carbons (Fsp3) is 0.381. The Hall–Kier alpha value is -1.89.